The normalized spacial score (nSPS) is 10.0. The van der Waals surface area contributed by atoms with Crippen LogP contribution < -0.4 is 15.5 Å². The number of nitrogens with one attached hydrogen (secondary N) is 2. The summed E-state index contributed by atoms with van der Waals surface area (Å²) in [5, 5.41) is 15.3. The fourth-order valence-corrected chi connectivity index (χ4v) is 1.96. The first kappa shape index (κ1) is 14.7. The second-order valence-electron chi connectivity index (χ2n) is 4.88. The van der Waals surface area contributed by atoms with E-state index in [2.05, 4.69) is 10.6 Å². The molecule has 2 aromatic carbocycles. The molecule has 5 heteroatoms. The van der Waals surface area contributed by atoms with E-state index in [0.717, 1.165) is 11.4 Å². The Labute approximate surface area is 124 Å². The molecule has 3 N–H and O–H groups in total. The minimum atomic E-state index is -0.220. The van der Waals surface area contributed by atoms with Gasteiger partial charge in [0, 0.05) is 38.5 Å². The van der Waals surface area contributed by atoms with Crippen molar-refractivity contribution < 1.29 is 9.90 Å². The summed E-state index contributed by atoms with van der Waals surface area (Å²) < 4.78 is 0. The lowest BCUT2D eigenvalue weighted by Gasteiger charge is -2.14. The molecule has 5 nitrogen and oxygen atoms in total. The van der Waals surface area contributed by atoms with Crippen molar-refractivity contribution in [3.05, 3.63) is 48.0 Å². The van der Waals surface area contributed by atoms with Crippen LogP contribution in [0, 0.1) is 0 Å². The predicted octanol–water partition coefficient (Wildman–Crippen LogP) is 2.75. The number of hydrogen-bond acceptors (Lipinski definition) is 4. The summed E-state index contributed by atoms with van der Waals surface area (Å²) in [4.78, 5) is 14.2. The molecule has 0 aliphatic rings. The highest BCUT2D eigenvalue weighted by atomic mass is 16.3. The van der Waals surface area contributed by atoms with Crippen LogP contribution >= 0.6 is 0 Å². The number of phenols is 1. The van der Waals surface area contributed by atoms with Gasteiger partial charge in [-0.1, -0.05) is 0 Å². The molecular weight excluding hydrogens is 266 g/mol. The summed E-state index contributed by atoms with van der Waals surface area (Å²) in [6.45, 7) is 0. The molecule has 2 rings (SSSR count). The molecule has 0 bridgehead atoms. The summed E-state index contributed by atoms with van der Waals surface area (Å²) in [5.41, 5.74) is 2.87. The van der Waals surface area contributed by atoms with Crippen LogP contribution in [0.3, 0.4) is 0 Å². The minimum absolute atomic E-state index is 0.104. The zero-order chi connectivity index (χ0) is 15.4. The van der Waals surface area contributed by atoms with Crippen LogP contribution in [0.1, 0.15) is 10.4 Å². The van der Waals surface area contributed by atoms with Gasteiger partial charge in [-0.3, -0.25) is 4.79 Å². The predicted molar refractivity (Wildman–Crippen MR) is 86.4 cm³/mol. The molecule has 0 aliphatic carbocycles. The molecule has 0 radical (unpaired) electrons. The van der Waals surface area contributed by atoms with Crippen LogP contribution in [0.5, 0.6) is 5.75 Å². The van der Waals surface area contributed by atoms with E-state index < -0.39 is 0 Å². The Morgan fingerprint density at radius 1 is 1.05 bits per heavy atom. The molecule has 0 fully saturated rings. The first-order chi connectivity index (χ1) is 10.0. The molecule has 2 aromatic rings. The van der Waals surface area contributed by atoms with Gasteiger partial charge in [-0.15, -0.1) is 0 Å². The highest BCUT2D eigenvalue weighted by Crippen LogP contribution is 2.26. The molecule has 0 saturated heterocycles. The third-order valence-electron chi connectivity index (χ3n) is 3.17. The van der Waals surface area contributed by atoms with E-state index in [4.69, 9.17) is 0 Å². The molecule has 0 unspecified atom stereocenters. The Morgan fingerprint density at radius 3 is 2.29 bits per heavy atom. The molecule has 1 amide bonds. The quantitative estimate of drug-likeness (QED) is 0.756. The SMILES string of the molecule is CNc1ccc(O)cc1NC(=O)c1ccc(N(C)C)cc1. The van der Waals surface area contributed by atoms with Gasteiger partial charge in [0.15, 0.2) is 0 Å². The third-order valence-corrected chi connectivity index (χ3v) is 3.17. The van der Waals surface area contributed by atoms with Crippen molar-refractivity contribution in [1.29, 1.82) is 0 Å². The maximum Gasteiger partial charge on any atom is 0.255 e. The lowest BCUT2D eigenvalue weighted by Crippen LogP contribution is -2.14. The molecule has 0 atom stereocenters. The molecule has 0 spiro atoms. The molecule has 0 aromatic heterocycles. The largest absolute Gasteiger partial charge is 0.508 e. The highest BCUT2D eigenvalue weighted by Gasteiger charge is 2.09. The van der Waals surface area contributed by atoms with Gasteiger partial charge >= 0.3 is 0 Å². The number of anilines is 3. The van der Waals surface area contributed by atoms with Crippen LogP contribution in [0.4, 0.5) is 17.1 Å². The number of carbonyl (C=O) groups is 1. The fourth-order valence-electron chi connectivity index (χ4n) is 1.96. The standard InChI is InChI=1S/C16H19N3O2/c1-17-14-9-8-13(20)10-15(14)18-16(21)11-4-6-12(7-5-11)19(2)3/h4-10,17,20H,1-3H3,(H,18,21). The number of nitrogens with zero attached hydrogens (tertiary/aromatic N) is 1. The second-order valence-corrected chi connectivity index (χ2v) is 4.88. The zero-order valence-corrected chi connectivity index (χ0v) is 12.3. The molecule has 21 heavy (non-hydrogen) atoms. The van der Waals surface area contributed by atoms with Crippen LogP contribution in [-0.2, 0) is 0 Å². The van der Waals surface area contributed by atoms with Gasteiger partial charge in [0.05, 0.1) is 11.4 Å². The Balaban J connectivity index is 2.19. The van der Waals surface area contributed by atoms with Gasteiger partial charge in [-0.05, 0) is 36.4 Å². The Kier molecular flexibility index (Phi) is 4.33. The molecule has 110 valence electrons. The Morgan fingerprint density at radius 2 is 1.71 bits per heavy atom. The lowest BCUT2D eigenvalue weighted by molar-refractivity contribution is 0.102. The van der Waals surface area contributed by atoms with Crippen LogP contribution in [0.15, 0.2) is 42.5 Å². The van der Waals surface area contributed by atoms with E-state index in [-0.39, 0.29) is 11.7 Å². The number of hydrogen-bond donors (Lipinski definition) is 3. The summed E-state index contributed by atoms with van der Waals surface area (Å²) in [6.07, 6.45) is 0. The van der Waals surface area contributed by atoms with Gasteiger partial charge in [0.2, 0.25) is 0 Å². The summed E-state index contributed by atoms with van der Waals surface area (Å²) >= 11 is 0. The van der Waals surface area contributed by atoms with Gasteiger partial charge in [0.1, 0.15) is 5.75 Å². The zero-order valence-electron chi connectivity index (χ0n) is 12.3. The van der Waals surface area contributed by atoms with Crippen LogP contribution in [0.2, 0.25) is 0 Å². The van der Waals surface area contributed by atoms with Gasteiger partial charge in [0.25, 0.3) is 5.91 Å². The maximum absolute atomic E-state index is 12.2. The number of phenolic OH excluding ortho intramolecular Hbond substituents is 1. The van der Waals surface area contributed by atoms with E-state index in [1.54, 1.807) is 31.3 Å². The molecular formula is C16H19N3O2. The number of aromatic hydroxyl groups is 1. The fraction of sp³-hybridized carbons (Fsp3) is 0.188. The monoisotopic (exact) mass is 285 g/mol. The first-order valence-electron chi connectivity index (χ1n) is 6.61. The van der Waals surface area contributed by atoms with Crippen LogP contribution in [-0.4, -0.2) is 32.2 Å². The number of carbonyl (C=O) groups excluding carboxylic acids is 1. The molecule has 0 heterocycles. The van der Waals surface area contributed by atoms with Gasteiger partial charge < -0.3 is 20.6 Å². The van der Waals surface area contributed by atoms with Crippen molar-refractivity contribution in [3.63, 3.8) is 0 Å². The number of benzene rings is 2. The lowest BCUT2D eigenvalue weighted by atomic mass is 10.1. The van der Waals surface area contributed by atoms with Crippen molar-refractivity contribution in [3.8, 4) is 5.75 Å². The maximum atomic E-state index is 12.2. The second kappa shape index (κ2) is 6.17. The topological polar surface area (TPSA) is 64.6 Å². The average molecular weight is 285 g/mol. The smallest absolute Gasteiger partial charge is 0.255 e. The third kappa shape index (κ3) is 3.45. The Bertz CT molecular complexity index is 636. The van der Waals surface area contributed by atoms with Crippen molar-refractivity contribution in [2.45, 2.75) is 0 Å². The highest BCUT2D eigenvalue weighted by molar-refractivity contribution is 6.06. The first-order valence-corrected chi connectivity index (χ1v) is 6.61. The van der Waals surface area contributed by atoms with E-state index in [0.29, 0.717) is 11.3 Å². The summed E-state index contributed by atoms with van der Waals surface area (Å²) in [6, 6.07) is 12.1. The van der Waals surface area contributed by atoms with E-state index >= 15 is 0 Å². The number of amides is 1. The molecule has 0 aliphatic heterocycles. The van der Waals surface area contributed by atoms with Crippen molar-refractivity contribution >= 4 is 23.0 Å². The van der Waals surface area contributed by atoms with Crippen molar-refractivity contribution in [1.82, 2.24) is 0 Å². The van der Waals surface area contributed by atoms with E-state index in [9.17, 15) is 9.90 Å². The minimum Gasteiger partial charge on any atom is -0.508 e. The average Bonchev–Trinajstić information content (AvgIpc) is 2.47. The number of rotatable bonds is 4. The van der Waals surface area contributed by atoms with Crippen molar-refractivity contribution in [2.24, 2.45) is 0 Å². The van der Waals surface area contributed by atoms with Gasteiger partial charge in [-0.25, -0.2) is 0 Å². The van der Waals surface area contributed by atoms with E-state index in [1.807, 2.05) is 31.1 Å². The van der Waals surface area contributed by atoms with Crippen LogP contribution in [0.25, 0.3) is 0 Å². The summed E-state index contributed by atoms with van der Waals surface area (Å²) in [5.74, 6) is -0.116. The van der Waals surface area contributed by atoms with Crippen molar-refractivity contribution in [2.75, 3.05) is 36.7 Å². The van der Waals surface area contributed by atoms with E-state index in [1.165, 1.54) is 6.07 Å². The molecule has 0 saturated carbocycles. The summed E-state index contributed by atoms with van der Waals surface area (Å²) in [7, 11) is 5.65. The van der Waals surface area contributed by atoms with Gasteiger partial charge in [-0.2, -0.15) is 0 Å². The Hall–Kier alpha value is -2.69.